The van der Waals surface area contributed by atoms with Crippen LogP contribution in [-0.4, -0.2) is 11.2 Å². The van der Waals surface area contributed by atoms with Crippen LogP contribution in [0.5, 0.6) is 0 Å². The third-order valence-electron chi connectivity index (χ3n) is 0.874. The first kappa shape index (κ1) is 7.05. The summed E-state index contributed by atoms with van der Waals surface area (Å²) in [5.41, 5.74) is 1.84. The average molecular weight is 160 g/mol. The highest BCUT2D eigenvalue weighted by Gasteiger charge is 1.89. The van der Waals surface area contributed by atoms with Crippen LogP contribution < -0.4 is 4.72 Å². The molecule has 0 aliphatic carbocycles. The monoisotopic (exact) mass is 160 g/mol. The van der Waals surface area contributed by atoms with Crippen molar-refractivity contribution in [3.63, 3.8) is 0 Å². The van der Waals surface area contributed by atoms with Crippen LogP contribution in [-0.2, 0) is 6.54 Å². The molecule has 0 fully saturated rings. The first-order valence-corrected chi connectivity index (χ1v) is 4.67. The zero-order valence-corrected chi connectivity index (χ0v) is 6.76. The van der Waals surface area contributed by atoms with Crippen LogP contribution in [0.15, 0.2) is 11.7 Å². The molecule has 0 aliphatic heterocycles. The van der Waals surface area contributed by atoms with Crippen molar-refractivity contribution in [2.45, 2.75) is 6.54 Å². The molecule has 0 spiro atoms. The van der Waals surface area contributed by atoms with Crippen molar-refractivity contribution in [2.24, 2.45) is 0 Å². The summed E-state index contributed by atoms with van der Waals surface area (Å²) in [5.74, 6) is 0. The van der Waals surface area contributed by atoms with Gasteiger partial charge < -0.3 is 0 Å². The number of hydrogen-bond donors (Lipinski definition) is 1. The highest BCUT2D eigenvalue weighted by molar-refractivity contribution is 7.96. The summed E-state index contributed by atoms with van der Waals surface area (Å²) in [5, 5.41) is 0. The Morgan fingerprint density at radius 3 is 3.33 bits per heavy atom. The summed E-state index contributed by atoms with van der Waals surface area (Å²) in [4.78, 5) is 5.23. The maximum Gasteiger partial charge on any atom is 0.0794 e. The molecule has 9 heavy (non-hydrogen) atoms. The molecule has 1 heterocycles. The fourth-order valence-electron chi connectivity index (χ4n) is 0.473. The fraction of sp³-hybridized carbons (Fsp3) is 0.400. The summed E-state index contributed by atoms with van der Waals surface area (Å²) in [6.45, 7) is 0.922. The molecule has 2 nitrogen and oxygen atoms in total. The van der Waals surface area contributed by atoms with Crippen molar-refractivity contribution >= 4 is 23.3 Å². The van der Waals surface area contributed by atoms with E-state index >= 15 is 0 Å². The number of aromatic nitrogens is 1. The van der Waals surface area contributed by atoms with Gasteiger partial charge in [-0.05, 0) is 6.26 Å². The van der Waals surface area contributed by atoms with Crippen molar-refractivity contribution in [1.82, 2.24) is 9.71 Å². The minimum atomic E-state index is 0.922. The van der Waals surface area contributed by atoms with E-state index in [2.05, 4.69) is 9.71 Å². The number of nitrogens with one attached hydrogen (secondary N) is 1. The third kappa shape index (κ3) is 2.34. The first-order valence-electron chi connectivity index (χ1n) is 2.56. The molecular formula is C5H8N2S2. The van der Waals surface area contributed by atoms with E-state index in [1.54, 1.807) is 23.3 Å². The molecule has 1 rings (SSSR count). The topological polar surface area (TPSA) is 24.9 Å². The lowest BCUT2D eigenvalue weighted by atomic mass is 10.6. The van der Waals surface area contributed by atoms with E-state index in [1.165, 1.54) is 4.88 Å². The Labute approximate surface area is 62.8 Å². The highest BCUT2D eigenvalue weighted by atomic mass is 32.2. The molecule has 0 amide bonds. The molecule has 0 radical (unpaired) electrons. The molecule has 0 aliphatic rings. The number of nitrogens with zero attached hydrogens (tertiary/aromatic N) is 1. The van der Waals surface area contributed by atoms with Crippen LogP contribution in [0.3, 0.4) is 0 Å². The lowest BCUT2D eigenvalue weighted by Crippen LogP contribution is -1.99. The van der Waals surface area contributed by atoms with Crippen LogP contribution in [0.25, 0.3) is 0 Å². The molecule has 0 unspecified atom stereocenters. The third-order valence-corrected chi connectivity index (χ3v) is 2.09. The van der Waals surface area contributed by atoms with Crippen molar-refractivity contribution in [3.05, 3.63) is 16.6 Å². The standard InChI is InChI=1S/C5H8N2S2/c1-8-7-3-5-2-6-4-9-5/h2,4,7H,3H2,1H3. The summed E-state index contributed by atoms with van der Waals surface area (Å²) in [6, 6.07) is 0. The van der Waals surface area contributed by atoms with E-state index in [4.69, 9.17) is 0 Å². The predicted molar refractivity (Wildman–Crippen MR) is 42.5 cm³/mol. The molecule has 0 saturated carbocycles. The molecule has 4 heteroatoms. The average Bonchev–Trinajstić information content (AvgIpc) is 2.34. The fourth-order valence-corrected chi connectivity index (χ4v) is 1.40. The predicted octanol–water partition coefficient (Wildman–Crippen LogP) is 1.51. The molecule has 0 saturated heterocycles. The maximum absolute atomic E-state index is 3.94. The van der Waals surface area contributed by atoms with Gasteiger partial charge in [0.15, 0.2) is 0 Å². The van der Waals surface area contributed by atoms with Crippen LogP contribution in [0, 0.1) is 0 Å². The van der Waals surface area contributed by atoms with Gasteiger partial charge in [0.2, 0.25) is 0 Å². The molecule has 0 atom stereocenters. The molecule has 0 bridgehead atoms. The Hall–Kier alpha value is -0.0600. The Morgan fingerprint density at radius 2 is 2.78 bits per heavy atom. The summed E-state index contributed by atoms with van der Waals surface area (Å²) in [6.07, 6.45) is 3.90. The van der Waals surface area contributed by atoms with E-state index in [0.29, 0.717) is 0 Å². The quantitative estimate of drug-likeness (QED) is 0.678. The van der Waals surface area contributed by atoms with E-state index in [0.717, 1.165) is 6.54 Å². The maximum atomic E-state index is 3.94. The first-order chi connectivity index (χ1) is 4.43. The zero-order valence-electron chi connectivity index (χ0n) is 5.13. The van der Waals surface area contributed by atoms with Gasteiger partial charge in [-0.3, -0.25) is 9.71 Å². The van der Waals surface area contributed by atoms with E-state index in [-0.39, 0.29) is 0 Å². The normalized spacial score (nSPS) is 9.89. The Kier molecular flexibility index (Phi) is 3.03. The Balaban J connectivity index is 2.30. The number of hydrogen-bond acceptors (Lipinski definition) is 4. The summed E-state index contributed by atoms with van der Waals surface area (Å²) in [7, 11) is 0. The van der Waals surface area contributed by atoms with E-state index < -0.39 is 0 Å². The van der Waals surface area contributed by atoms with Gasteiger partial charge in [0.25, 0.3) is 0 Å². The minimum absolute atomic E-state index is 0.922. The van der Waals surface area contributed by atoms with Crippen molar-refractivity contribution in [2.75, 3.05) is 6.26 Å². The van der Waals surface area contributed by atoms with Gasteiger partial charge in [0.05, 0.1) is 5.51 Å². The number of rotatable bonds is 3. The second-order valence-electron chi connectivity index (χ2n) is 1.49. The second-order valence-corrected chi connectivity index (χ2v) is 3.16. The molecular weight excluding hydrogens is 152 g/mol. The molecule has 1 aromatic rings. The van der Waals surface area contributed by atoms with Gasteiger partial charge >= 0.3 is 0 Å². The van der Waals surface area contributed by atoms with Gasteiger partial charge in [-0.2, -0.15) is 0 Å². The summed E-state index contributed by atoms with van der Waals surface area (Å²) >= 11 is 3.30. The largest absolute Gasteiger partial charge is 0.259 e. The number of thiazole rings is 1. The van der Waals surface area contributed by atoms with Crippen molar-refractivity contribution in [3.8, 4) is 0 Å². The van der Waals surface area contributed by atoms with Gasteiger partial charge in [0, 0.05) is 17.6 Å². The minimum Gasteiger partial charge on any atom is -0.259 e. The van der Waals surface area contributed by atoms with Crippen molar-refractivity contribution < 1.29 is 0 Å². The van der Waals surface area contributed by atoms with Crippen LogP contribution >= 0.6 is 23.3 Å². The van der Waals surface area contributed by atoms with Gasteiger partial charge in [-0.1, -0.05) is 11.9 Å². The molecule has 1 aromatic heterocycles. The van der Waals surface area contributed by atoms with Gasteiger partial charge in [0.1, 0.15) is 0 Å². The van der Waals surface area contributed by atoms with Gasteiger partial charge in [-0.25, -0.2) is 0 Å². The smallest absolute Gasteiger partial charge is 0.0794 e. The highest BCUT2D eigenvalue weighted by Crippen LogP contribution is 2.04. The van der Waals surface area contributed by atoms with E-state index in [1.807, 2.05) is 18.0 Å². The summed E-state index contributed by atoms with van der Waals surface area (Å²) < 4.78 is 3.14. The SMILES string of the molecule is CSNCc1cncs1. The lowest BCUT2D eigenvalue weighted by Gasteiger charge is -1.93. The molecule has 1 N–H and O–H groups in total. The van der Waals surface area contributed by atoms with Crippen LogP contribution in [0.4, 0.5) is 0 Å². The van der Waals surface area contributed by atoms with Crippen molar-refractivity contribution in [1.29, 1.82) is 0 Å². The Morgan fingerprint density at radius 1 is 1.89 bits per heavy atom. The Bertz CT molecular complexity index is 150. The molecule has 50 valence electrons. The van der Waals surface area contributed by atoms with Crippen LogP contribution in [0.2, 0.25) is 0 Å². The van der Waals surface area contributed by atoms with Gasteiger partial charge in [-0.15, -0.1) is 11.3 Å². The van der Waals surface area contributed by atoms with E-state index in [9.17, 15) is 0 Å². The molecule has 0 aromatic carbocycles. The van der Waals surface area contributed by atoms with Crippen LogP contribution in [0.1, 0.15) is 4.88 Å². The second kappa shape index (κ2) is 3.87. The lowest BCUT2D eigenvalue weighted by molar-refractivity contribution is 0.999. The zero-order chi connectivity index (χ0) is 6.53.